The highest BCUT2D eigenvalue weighted by Crippen LogP contribution is 2.32. The molecule has 1 unspecified atom stereocenters. The minimum Gasteiger partial charge on any atom is -0.342 e. The van der Waals surface area contributed by atoms with E-state index in [1.165, 1.54) is 0 Å². The summed E-state index contributed by atoms with van der Waals surface area (Å²) in [5, 5.41) is 0.528. The molecule has 1 aromatic heterocycles. The van der Waals surface area contributed by atoms with Crippen LogP contribution in [0, 0.1) is 0 Å². The predicted octanol–water partition coefficient (Wildman–Crippen LogP) is 4.36. The van der Waals surface area contributed by atoms with Gasteiger partial charge < -0.3 is 14.8 Å². The van der Waals surface area contributed by atoms with Crippen molar-refractivity contribution < 1.29 is 9.59 Å². The Hall–Kier alpha value is -2.86. The van der Waals surface area contributed by atoms with E-state index in [-0.39, 0.29) is 17.7 Å². The fourth-order valence-corrected chi connectivity index (χ4v) is 4.70. The van der Waals surface area contributed by atoms with Crippen molar-refractivity contribution in [2.45, 2.75) is 31.6 Å². The summed E-state index contributed by atoms with van der Waals surface area (Å²) < 4.78 is 0. The maximum Gasteiger partial charge on any atom is 0.255 e. The molecule has 2 aliphatic heterocycles. The number of imidazole rings is 1. The van der Waals surface area contributed by atoms with Gasteiger partial charge in [0.2, 0.25) is 5.91 Å². The maximum absolute atomic E-state index is 13.5. The van der Waals surface area contributed by atoms with Crippen LogP contribution in [-0.4, -0.2) is 46.3 Å². The topological polar surface area (TPSA) is 69.3 Å². The van der Waals surface area contributed by atoms with Crippen molar-refractivity contribution in [1.82, 2.24) is 14.9 Å². The van der Waals surface area contributed by atoms with Gasteiger partial charge in [-0.2, -0.15) is 0 Å². The molecule has 2 aromatic carbocycles. The number of aromatic amines is 1. The number of halogens is 1. The quantitative estimate of drug-likeness (QED) is 0.681. The smallest absolute Gasteiger partial charge is 0.255 e. The zero-order valence-corrected chi connectivity index (χ0v) is 17.4. The van der Waals surface area contributed by atoms with Crippen LogP contribution in [0.25, 0.3) is 11.0 Å². The zero-order chi connectivity index (χ0) is 20.7. The lowest BCUT2D eigenvalue weighted by Gasteiger charge is -2.33. The van der Waals surface area contributed by atoms with Crippen LogP contribution in [0.3, 0.4) is 0 Å². The van der Waals surface area contributed by atoms with Crippen LogP contribution in [0.1, 0.15) is 47.8 Å². The van der Waals surface area contributed by atoms with Gasteiger partial charge in [0.1, 0.15) is 5.82 Å². The van der Waals surface area contributed by atoms with Crippen LogP contribution in [0.2, 0.25) is 5.02 Å². The molecule has 0 radical (unpaired) electrons. The maximum atomic E-state index is 13.5. The van der Waals surface area contributed by atoms with Crippen molar-refractivity contribution in [3.8, 4) is 0 Å². The molecule has 2 aliphatic rings. The molecule has 7 heteroatoms. The highest BCUT2D eigenvalue weighted by atomic mass is 35.5. The van der Waals surface area contributed by atoms with Crippen LogP contribution in [0.4, 0.5) is 5.69 Å². The zero-order valence-electron chi connectivity index (χ0n) is 16.6. The number of hydrogen-bond acceptors (Lipinski definition) is 3. The Kier molecular flexibility index (Phi) is 4.95. The minimum atomic E-state index is -0.0535. The lowest BCUT2D eigenvalue weighted by molar-refractivity contribution is -0.117. The van der Waals surface area contributed by atoms with Crippen LogP contribution in [0.15, 0.2) is 42.5 Å². The number of carbonyl (C=O) groups is 2. The summed E-state index contributed by atoms with van der Waals surface area (Å²) in [6, 6.07) is 13.2. The summed E-state index contributed by atoms with van der Waals surface area (Å²) in [7, 11) is 0. The van der Waals surface area contributed by atoms with E-state index in [9.17, 15) is 9.59 Å². The van der Waals surface area contributed by atoms with E-state index >= 15 is 0 Å². The second-order valence-corrected chi connectivity index (χ2v) is 8.48. The number of aromatic nitrogens is 2. The molecule has 0 bridgehead atoms. The van der Waals surface area contributed by atoms with Crippen molar-refractivity contribution in [2.24, 2.45) is 0 Å². The van der Waals surface area contributed by atoms with Crippen LogP contribution >= 0.6 is 11.6 Å². The van der Waals surface area contributed by atoms with Gasteiger partial charge in [-0.15, -0.1) is 0 Å². The number of anilines is 1. The van der Waals surface area contributed by atoms with Crippen LogP contribution < -0.4 is 4.90 Å². The summed E-state index contributed by atoms with van der Waals surface area (Å²) in [5.41, 5.74) is 3.13. The van der Waals surface area contributed by atoms with Gasteiger partial charge in [0.15, 0.2) is 0 Å². The third-order valence-electron chi connectivity index (χ3n) is 6.06. The average Bonchev–Trinajstić information content (AvgIpc) is 3.39. The molecule has 5 rings (SSSR count). The number of fused-ring (bicyclic) bond motifs is 1. The van der Waals surface area contributed by atoms with Gasteiger partial charge in [0.25, 0.3) is 5.91 Å². The third kappa shape index (κ3) is 3.45. The molecular weight excluding hydrogens is 400 g/mol. The number of H-pyrrole nitrogens is 1. The predicted molar refractivity (Wildman–Crippen MR) is 117 cm³/mol. The van der Waals surface area contributed by atoms with Gasteiger partial charge >= 0.3 is 0 Å². The minimum absolute atomic E-state index is 0.0464. The lowest BCUT2D eigenvalue weighted by atomic mass is 9.96. The number of piperidine rings is 1. The molecule has 2 fully saturated rings. The Morgan fingerprint density at radius 2 is 2.00 bits per heavy atom. The Labute approximate surface area is 179 Å². The third-order valence-corrected chi connectivity index (χ3v) is 6.29. The van der Waals surface area contributed by atoms with Crippen LogP contribution in [0.5, 0.6) is 0 Å². The second kappa shape index (κ2) is 7.76. The van der Waals surface area contributed by atoms with E-state index < -0.39 is 0 Å². The number of nitrogens with one attached hydrogen (secondary N) is 1. The largest absolute Gasteiger partial charge is 0.342 e. The fourth-order valence-electron chi connectivity index (χ4n) is 4.53. The molecule has 0 aliphatic carbocycles. The van der Waals surface area contributed by atoms with Crippen molar-refractivity contribution in [1.29, 1.82) is 0 Å². The van der Waals surface area contributed by atoms with Gasteiger partial charge in [-0.1, -0.05) is 23.7 Å². The average molecular weight is 423 g/mol. The molecule has 2 amide bonds. The van der Waals surface area contributed by atoms with Crippen LogP contribution in [-0.2, 0) is 4.79 Å². The Morgan fingerprint density at radius 1 is 1.13 bits per heavy atom. The van der Waals surface area contributed by atoms with Gasteiger partial charge in [0.05, 0.1) is 22.3 Å². The van der Waals surface area contributed by atoms with Crippen molar-refractivity contribution in [3.63, 3.8) is 0 Å². The second-order valence-electron chi connectivity index (χ2n) is 8.04. The number of benzene rings is 2. The fraction of sp³-hybridized carbons (Fsp3) is 0.348. The summed E-state index contributed by atoms with van der Waals surface area (Å²) in [6.45, 7) is 1.93. The van der Waals surface area contributed by atoms with Gasteiger partial charge in [-0.05, 0) is 49.6 Å². The summed E-state index contributed by atoms with van der Waals surface area (Å²) >= 11 is 6.20. The highest BCUT2D eigenvalue weighted by molar-refractivity contribution is 6.31. The van der Waals surface area contributed by atoms with Crippen molar-refractivity contribution in [3.05, 3.63) is 58.9 Å². The molecule has 30 heavy (non-hydrogen) atoms. The van der Waals surface area contributed by atoms with Crippen molar-refractivity contribution >= 4 is 40.1 Å². The first-order valence-corrected chi connectivity index (χ1v) is 10.8. The molecule has 0 spiro atoms. The summed E-state index contributed by atoms with van der Waals surface area (Å²) in [4.78, 5) is 37.5. The molecule has 1 atom stereocenters. The Bertz CT molecular complexity index is 1090. The SMILES string of the molecule is O=C(c1ccc(Cl)cc1N1CCCC1=O)N1CCCC(c2nc3ccccc3[nH]2)C1. The summed E-state index contributed by atoms with van der Waals surface area (Å²) in [6.07, 6.45) is 3.22. The summed E-state index contributed by atoms with van der Waals surface area (Å²) in [5.74, 6) is 1.09. The number of amides is 2. The van der Waals surface area contributed by atoms with E-state index in [2.05, 4.69) is 4.98 Å². The molecule has 2 saturated heterocycles. The standard InChI is InChI=1S/C23H23ClN4O2/c24-16-9-10-17(20(13-16)28-12-4-8-21(28)29)23(30)27-11-3-5-15(14-27)22-25-18-6-1-2-7-19(18)26-22/h1-2,6-7,9-10,13,15H,3-5,8,11-12,14H2,(H,25,26). The normalized spacial score (nSPS) is 19.6. The Balaban J connectivity index is 1.41. The Morgan fingerprint density at radius 3 is 2.80 bits per heavy atom. The first-order chi connectivity index (χ1) is 14.6. The number of likely N-dealkylation sites (tertiary alicyclic amines) is 1. The van der Waals surface area contributed by atoms with Gasteiger partial charge in [0, 0.05) is 37.0 Å². The molecule has 0 saturated carbocycles. The van der Waals surface area contributed by atoms with E-state index in [0.29, 0.717) is 42.3 Å². The molecule has 3 aromatic rings. The number of rotatable bonds is 3. The monoisotopic (exact) mass is 422 g/mol. The molecule has 1 N–H and O–H groups in total. The lowest BCUT2D eigenvalue weighted by Crippen LogP contribution is -2.40. The van der Waals surface area contributed by atoms with Gasteiger partial charge in [-0.3, -0.25) is 9.59 Å². The molecule has 154 valence electrons. The number of carbonyl (C=O) groups excluding carboxylic acids is 2. The van der Waals surface area contributed by atoms with E-state index in [0.717, 1.165) is 36.1 Å². The number of hydrogen-bond donors (Lipinski definition) is 1. The first kappa shape index (κ1) is 19.1. The van der Waals surface area contributed by atoms with E-state index in [4.69, 9.17) is 16.6 Å². The molecule has 6 nitrogen and oxygen atoms in total. The number of para-hydroxylation sites is 2. The van der Waals surface area contributed by atoms with E-state index in [1.807, 2.05) is 29.2 Å². The number of nitrogens with zero attached hydrogens (tertiary/aromatic N) is 3. The highest BCUT2D eigenvalue weighted by Gasteiger charge is 2.31. The molecule has 3 heterocycles. The first-order valence-electron chi connectivity index (χ1n) is 10.4. The van der Waals surface area contributed by atoms with E-state index in [1.54, 1.807) is 23.1 Å². The van der Waals surface area contributed by atoms with Gasteiger partial charge in [-0.25, -0.2) is 4.98 Å². The van der Waals surface area contributed by atoms with Crippen molar-refractivity contribution in [2.75, 3.05) is 24.5 Å². The molecular formula is C23H23ClN4O2.